The van der Waals surface area contributed by atoms with E-state index in [1.807, 2.05) is 0 Å². The van der Waals surface area contributed by atoms with E-state index in [0.29, 0.717) is 18.9 Å². The molecule has 0 bridgehead atoms. The summed E-state index contributed by atoms with van der Waals surface area (Å²) in [4.78, 5) is 11.8. The molecule has 1 unspecified atom stereocenters. The summed E-state index contributed by atoms with van der Waals surface area (Å²) in [5.41, 5.74) is 5.61. The Morgan fingerprint density at radius 1 is 1.47 bits per heavy atom. The molecule has 0 aliphatic carbocycles. The first-order valence-corrected chi connectivity index (χ1v) is 6.52. The van der Waals surface area contributed by atoms with Crippen molar-refractivity contribution >= 4 is 21.7 Å². The van der Waals surface area contributed by atoms with Gasteiger partial charge in [-0.3, -0.25) is 4.79 Å². The number of benzene rings is 1. The van der Waals surface area contributed by atoms with Gasteiger partial charge in [0.1, 0.15) is 5.82 Å². The van der Waals surface area contributed by atoms with Crippen molar-refractivity contribution in [1.29, 1.82) is 0 Å². The first kappa shape index (κ1) is 14.3. The Bertz CT molecular complexity index is 395. The SMILES string of the molecule is CC(CCN)CCC(=O)c1cc(Br)ccc1F. The molecule has 94 valence electrons. The first-order chi connectivity index (χ1) is 8.04. The minimum Gasteiger partial charge on any atom is -0.330 e. The van der Waals surface area contributed by atoms with E-state index >= 15 is 0 Å². The molecule has 1 atom stereocenters. The number of hydrogen-bond donors (Lipinski definition) is 1. The highest BCUT2D eigenvalue weighted by molar-refractivity contribution is 9.10. The van der Waals surface area contributed by atoms with Crippen LogP contribution in [0.2, 0.25) is 0 Å². The van der Waals surface area contributed by atoms with Gasteiger partial charge in [-0.15, -0.1) is 0 Å². The lowest BCUT2D eigenvalue weighted by atomic mass is 9.97. The fourth-order valence-corrected chi connectivity index (χ4v) is 2.01. The van der Waals surface area contributed by atoms with E-state index in [4.69, 9.17) is 5.73 Å². The van der Waals surface area contributed by atoms with Gasteiger partial charge in [-0.05, 0) is 43.5 Å². The third-order valence-corrected chi connectivity index (χ3v) is 3.25. The van der Waals surface area contributed by atoms with Crippen LogP contribution >= 0.6 is 15.9 Å². The van der Waals surface area contributed by atoms with E-state index < -0.39 is 5.82 Å². The number of halogens is 2. The lowest BCUT2D eigenvalue weighted by molar-refractivity contribution is 0.0970. The van der Waals surface area contributed by atoms with Crippen LogP contribution in [0.5, 0.6) is 0 Å². The second kappa shape index (κ2) is 6.87. The molecule has 17 heavy (non-hydrogen) atoms. The van der Waals surface area contributed by atoms with E-state index in [2.05, 4.69) is 22.9 Å². The number of ketones is 1. The van der Waals surface area contributed by atoms with Gasteiger partial charge >= 0.3 is 0 Å². The monoisotopic (exact) mass is 301 g/mol. The molecule has 0 fully saturated rings. The van der Waals surface area contributed by atoms with Crippen LogP contribution in [0.3, 0.4) is 0 Å². The van der Waals surface area contributed by atoms with Crippen molar-refractivity contribution in [1.82, 2.24) is 0 Å². The van der Waals surface area contributed by atoms with Gasteiger partial charge in [0.15, 0.2) is 5.78 Å². The lowest BCUT2D eigenvalue weighted by Crippen LogP contribution is -2.09. The van der Waals surface area contributed by atoms with Crippen molar-refractivity contribution in [2.24, 2.45) is 11.7 Å². The quantitative estimate of drug-likeness (QED) is 0.817. The average Bonchev–Trinajstić information content (AvgIpc) is 2.29. The number of hydrogen-bond acceptors (Lipinski definition) is 2. The standard InChI is InChI=1S/C13H17BrFNO/c1-9(6-7-16)2-5-13(17)11-8-10(14)3-4-12(11)15/h3-4,8-9H,2,5-7,16H2,1H3. The summed E-state index contributed by atoms with van der Waals surface area (Å²) in [7, 11) is 0. The Kier molecular flexibility index (Phi) is 5.78. The van der Waals surface area contributed by atoms with Crippen LogP contribution in [0.4, 0.5) is 4.39 Å². The number of rotatable bonds is 6. The van der Waals surface area contributed by atoms with Gasteiger partial charge in [-0.2, -0.15) is 0 Å². The van der Waals surface area contributed by atoms with Crippen molar-refractivity contribution in [3.63, 3.8) is 0 Å². The molecule has 0 saturated carbocycles. The predicted octanol–water partition coefficient (Wildman–Crippen LogP) is 3.54. The van der Waals surface area contributed by atoms with Gasteiger partial charge in [0.2, 0.25) is 0 Å². The molecular formula is C13H17BrFNO. The topological polar surface area (TPSA) is 43.1 Å². The van der Waals surface area contributed by atoms with Crippen LogP contribution in [0.15, 0.2) is 22.7 Å². The lowest BCUT2D eigenvalue weighted by Gasteiger charge is -2.09. The van der Waals surface area contributed by atoms with Crippen LogP contribution < -0.4 is 5.73 Å². The van der Waals surface area contributed by atoms with Crippen molar-refractivity contribution in [2.45, 2.75) is 26.2 Å². The summed E-state index contributed by atoms with van der Waals surface area (Å²) in [5, 5.41) is 0. The van der Waals surface area contributed by atoms with Gasteiger partial charge in [-0.25, -0.2) is 4.39 Å². The minimum atomic E-state index is -0.454. The molecule has 0 aliphatic rings. The Morgan fingerprint density at radius 3 is 2.82 bits per heavy atom. The Hall–Kier alpha value is -0.740. The second-order valence-corrected chi connectivity index (χ2v) is 5.18. The molecule has 0 radical (unpaired) electrons. The van der Waals surface area contributed by atoms with Crippen LogP contribution in [0, 0.1) is 11.7 Å². The normalized spacial score (nSPS) is 12.5. The smallest absolute Gasteiger partial charge is 0.165 e. The summed E-state index contributed by atoms with van der Waals surface area (Å²) in [6, 6.07) is 4.43. The number of carbonyl (C=O) groups is 1. The van der Waals surface area contributed by atoms with Gasteiger partial charge < -0.3 is 5.73 Å². The zero-order valence-corrected chi connectivity index (χ0v) is 11.5. The van der Waals surface area contributed by atoms with Crippen molar-refractivity contribution in [3.8, 4) is 0 Å². The highest BCUT2D eigenvalue weighted by atomic mass is 79.9. The Labute approximate surface area is 110 Å². The molecule has 2 N–H and O–H groups in total. The van der Waals surface area contributed by atoms with Crippen LogP contribution in [-0.4, -0.2) is 12.3 Å². The van der Waals surface area contributed by atoms with E-state index in [0.717, 1.165) is 17.3 Å². The highest BCUT2D eigenvalue weighted by Gasteiger charge is 2.13. The summed E-state index contributed by atoms with van der Waals surface area (Å²) in [6.45, 7) is 2.68. The molecule has 0 aliphatic heterocycles. The summed E-state index contributed by atoms with van der Waals surface area (Å²) < 4.78 is 14.2. The second-order valence-electron chi connectivity index (χ2n) is 4.27. The Morgan fingerprint density at radius 2 is 2.18 bits per heavy atom. The maximum Gasteiger partial charge on any atom is 0.165 e. The third kappa shape index (κ3) is 4.56. The maximum absolute atomic E-state index is 13.4. The Balaban J connectivity index is 2.61. The third-order valence-electron chi connectivity index (χ3n) is 2.75. The van der Waals surface area contributed by atoms with E-state index in [-0.39, 0.29) is 11.3 Å². The molecule has 4 heteroatoms. The van der Waals surface area contributed by atoms with Crippen LogP contribution in [0.25, 0.3) is 0 Å². The average molecular weight is 302 g/mol. The van der Waals surface area contributed by atoms with Gasteiger partial charge in [-0.1, -0.05) is 22.9 Å². The maximum atomic E-state index is 13.4. The molecule has 0 amide bonds. The predicted molar refractivity (Wildman–Crippen MR) is 70.5 cm³/mol. The molecule has 0 heterocycles. The van der Waals surface area contributed by atoms with E-state index in [1.54, 1.807) is 6.07 Å². The molecule has 1 rings (SSSR count). The van der Waals surface area contributed by atoms with E-state index in [1.165, 1.54) is 12.1 Å². The highest BCUT2D eigenvalue weighted by Crippen LogP contribution is 2.19. The first-order valence-electron chi connectivity index (χ1n) is 5.73. The van der Waals surface area contributed by atoms with Crippen LogP contribution in [-0.2, 0) is 0 Å². The molecule has 1 aromatic carbocycles. The molecule has 2 nitrogen and oxygen atoms in total. The summed E-state index contributed by atoms with van der Waals surface area (Å²) >= 11 is 3.23. The van der Waals surface area contributed by atoms with Crippen molar-refractivity contribution in [2.75, 3.05) is 6.54 Å². The number of nitrogens with two attached hydrogens (primary N) is 1. The minimum absolute atomic E-state index is 0.146. The zero-order chi connectivity index (χ0) is 12.8. The molecule has 0 spiro atoms. The van der Waals surface area contributed by atoms with Gasteiger partial charge in [0.05, 0.1) is 5.56 Å². The summed E-state index contributed by atoms with van der Waals surface area (Å²) in [6.07, 6.45) is 2.02. The van der Waals surface area contributed by atoms with Crippen molar-refractivity contribution < 1.29 is 9.18 Å². The van der Waals surface area contributed by atoms with Crippen LogP contribution in [0.1, 0.15) is 36.5 Å². The number of carbonyl (C=O) groups excluding carboxylic acids is 1. The molecule has 1 aromatic rings. The van der Waals surface area contributed by atoms with Gasteiger partial charge in [0, 0.05) is 10.9 Å². The fourth-order valence-electron chi connectivity index (χ4n) is 1.65. The molecule has 0 aromatic heterocycles. The molecule has 0 saturated heterocycles. The molecular weight excluding hydrogens is 285 g/mol. The largest absolute Gasteiger partial charge is 0.330 e. The zero-order valence-electron chi connectivity index (χ0n) is 9.88. The summed E-state index contributed by atoms with van der Waals surface area (Å²) in [5.74, 6) is -0.198. The number of Topliss-reactive ketones (excluding diaryl/α,β-unsaturated/α-hetero) is 1. The fraction of sp³-hybridized carbons (Fsp3) is 0.462. The van der Waals surface area contributed by atoms with Gasteiger partial charge in [0.25, 0.3) is 0 Å². The van der Waals surface area contributed by atoms with Crippen molar-refractivity contribution in [3.05, 3.63) is 34.1 Å². The van der Waals surface area contributed by atoms with E-state index in [9.17, 15) is 9.18 Å².